The maximum absolute atomic E-state index is 5.67. The van der Waals surface area contributed by atoms with Gasteiger partial charge in [-0.1, -0.05) is 20.3 Å². The molecule has 0 saturated heterocycles. The van der Waals surface area contributed by atoms with Crippen molar-refractivity contribution in [1.29, 1.82) is 0 Å². The maximum atomic E-state index is 5.67. The first-order chi connectivity index (χ1) is 8.61. The van der Waals surface area contributed by atoms with Crippen LogP contribution in [0.4, 0.5) is 0 Å². The minimum absolute atomic E-state index is 0.307. The fourth-order valence-corrected chi connectivity index (χ4v) is 3.64. The highest BCUT2D eigenvalue weighted by atomic mass is 32.2. The smallest absolute Gasteiger partial charge is 0.230 e. The molecule has 1 fully saturated rings. The molecule has 0 bridgehead atoms. The molecular weight excluding hydrogens is 246 g/mol. The third kappa shape index (κ3) is 3.06. The zero-order chi connectivity index (χ0) is 13.1. The van der Waals surface area contributed by atoms with Crippen LogP contribution in [0.1, 0.15) is 50.8 Å². The second kappa shape index (κ2) is 6.06. The van der Waals surface area contributed by atoms with Crippen molar-refractivity contribution in [2.24, 2.45) is 0 Å². The first kappa shape index (κ1) is 13.9. The van der Waals surface area contributed by atoms with E-state index >= 15 is 0 Å². The molecule has 2 atom stereocenters. The number of aromatic nitrogens is 2. The van der Waals surface area contributed by atoms with E-state index in [1.807, 2.05) is 11.8 Å². The van der Waals surface area contributed by atoms with E-state index in [1.54, 1.807) is 0 Å². The minimum Gasteiger partial charge on any atom is -0.424 e. The fraction of sp³-hybridized carbons (Fsp3) is 0.846. The monoisotopic (exact) mass is 269 g/mol. The third-order valence-electron chi connectivity index (χ3n) is 3.65. The molecule has 0 unspecified atom stereocenters. The third-order valence-corrected chi connectivity index (χ3v) is 4.80. The lowest BCUT2D eigenvalue weighted by molar-refractivity contribution is 0.216. The molecule has 0 aliphatic heterocycles. The fourth-order valence-electron chi connectivity index (χ4n) is 2.58. The Kier molecular flexibility index (Phi) is 4.67. The summed E-state index contributed by atoms with van der Waals surface area (Å²) >= 11 is 1.98. The molecule has 0 N–H and O–H groups in total. The van der Waals surface area contributed by atoms with E-state index in [-0.39, 0.29) is 0 Å². The summed E-state index contributed by atoms with van der Waals surface area (Å²) < 4.78 is 5.67. The van der Waals surface area contributed by atoms with Crippen LogP contribution < -0.4 is 0 Å². The molecular formula is C13H23N3OS. The van der Waals surface area contributed by atoms with Gasteiger partial charge in [0.2, 0.25) is 11.8 Å². The van der Waals surface area contributed by atoms with Gasteiger partial charge in [-0.25, -0.2) is 0 Å². The molecule has 0 aromatic carbocycles. The van der Waals surface area contributed by atoms with Crippen molar-refractivity contribution in [3.05, 3.63) is 11.8 Å². The molecule has 0 amide bonds. The lowest BCUT2D eigenvalue weighted by atomic mass is 10.2. The van der Waals surface area contributed by atoms with E-state index in [2.05, 4.69) is 42.2 Å². The van der Waals surface area contributed by atoms with Crippen molar-refractivity contribution in [2.45, 2.75) is 56.9 Å². The Labute approximate surface area is 114 Å². The van der Waals surface area contributed by atoms with Gasteiger partial charge in [0.1, 0.15) is 0 Å². The largest absolute Gasteiger partial charge is 0.424 e. The number of thioether (sulfide) groups is 1. The van der Waals surface area contributed by atoms with Gasteiger partial charge in [-0.2, -0.15) is 11.8 Å². The lowest BCUT2D eigenvalue weighted by Crippen LogP contribution is -2.35. The maximum Gasteiger partial charge on any atom is 0.230 e. The van der Waals surface area contributed by atoms with E-state index < -0.39 is 0 Å². The van der Waals surface area contributed by atoms with Crippen LogP contribution in [0.25, 0.3) is 0 Å². The Morgan fingerprint density at radius 3 is 2.78 bits per heavy atom. The molecule has 1 aliphatic rings. The molecule has 5 heteroatoms. The molecule has 2 rings (SSSR count). The zero-order valence-corrected chi connectivity index (χ0v) is 12.5. The van der Waals surface area contributed by atoms with Crippen molar-refractivity contribution in [2.75, 3.05) is 13.3 Å². The van der Waals surface area contributed by atoms with Gasteiger partial charge in [0.25, 0.3) is 0 Å². The summed E-state index contributed by atoms with van der Waals surface area (Å²) in [6.45, 7) is 4.91. The van der Waals surface area contributed by atoms with Crippen molar-refractivity contribution >= 4 is 11.8 Å². The van der Waals surface area contributed by atoms with Gasteiger partial charge in [-0.15, -0.1) is 10.2 Å². The number of nitrogens with zero attached hydrogens (tertiary/aromatic N) is 3. The molecule has 102 valence electrons. The van der Waals surface area contributed by atoms with Gasteiger partial charge >= 0.3 is 0 Å². The number of hydrogen-bond acceptors (Lipinski definition) is 5. The highest BCUT2D eigenvalue weighted by Gasteiger charge is 2.30. The topological polar surface area (TPSA) is 42.2 Å². The van der Waals surface area contributed by atoms with E-state index in [9.17, 15) is 0 Å². The van der Waals surface area contributed by atoms with Crippen LogP contribution in [0.2, 0.25) is 0 Å². The molecule has 1 aliphatic carbocycles. The van der Waals surface area contributed by atoms with E-state index in [0.29, 0.717) is 12.0 Å². The summed E-state index contributed by atoms with van der Waals surface area (Å²) in [6.07, 6.45) is 6.16. The molecule has 1 heterocycles. The predicted octanol–water partition coefficient (Wildman–Crippen LogP) is 2.91. The van der Waals surface area contributed by atoms with Crippen molar-refractivity contribution in [3.8, 4) is 0 Å². The van der Waals surface area contributed by atoms with Gasteiger partial charge in [-0.05, 0) is 26.1 Å². The quantitative estimate of drug-likeness (QED) is 0.822. The summed E-state index contributed by atoms with van der Waals surface area (Å²) in [5.74, 6) is 1.79. The SMILES string of the molecule is CS[C@H]1CCC[C@H]1N(C)Cc1nnc(C(C)C)o1. The lowest BCUT2D eigenvalue weighted by Gasteiger charge is -2.27. The zero-order valence-electron chi connectivity index (χ0n) is 11.7. The Morgan fingerprint density at radius 1 is 1.39 bits per heavy atom. The molecule has 1 aromatic heterocycles. The molecule has 1 aromatic rings. The van der Waals surface area contributed by atoms with Crippen LogP contribution in [0, 0.1) is 0 Å². The summed E-state index contributed by atoms with van der Waals surface area (Å²) in [4.78, 5) is 2.37. The van der Waals surface area contributed by atoms with Gasteiger partial charge in [0, 0.05) is 17.2 Å². The summed E-state index contributed by atoms with van der Waals surface area (Å²) in [5.41, 5.74) is 0. The second-order valence-electron chi connectivity index (χ2n) is 5.38. The van der Waals surface area contributed by atoms with Crippen LogP contribution in [0.3, 0.4) is 0 Å². The Morgan fingerprint density at radius 2 is 2.17 bits per heavy atom. The van der Waals surface area contributed by atoms with Crippen LogP contribution in [-0.4, -0.2) is 39.7 Å². The highest BCUT2D eigenvalue weighted by Crippen LogP contribution is 2.32. The second-order valence-corrected chi connectivity index (χ2v) is 6.45. The first-order valence-electron chi connectivity index (χ1n) is 6.67. The minimum atomic E-state index is 0.307. The van der Waals surface area contributed by atoms with E-state index in [0.717, 1.165) is 23.6 Å². The highest BCUT2D eigenvalue weighted by molar-refractivity contribution is 7.99. The Bertz CT molecular complexity index is 380. The number of rotatable bonds is 5. The van der Waals surface area contributed by atoms with Gasteiger partial charge in [-0.3, -0.25) is 4.90 Å². The molecule has 4 nitrogen and oxygen atoms in total. The van der Waals surface area contributed by atoms with Crippen LogP contribution >= 0.6 is 11.8 Å². The van der Waals surface area contributed by atoms with E-state index in [1.165, 1.54) is 19.3 Å². The standard InChI is InChI=1S/C13H23N3OS/c1-9(2)13-15-14-12(17-13)8-16(3)10-6-5-7-11(10)18-4/h9-11H,5-8H2,1-4H3/t10-,11+/m1/s1. The molecule has 0 spiro atoms. The average molecular weight is 269 g/mol. The number of hydrogen-bond donors (Lipinski definition) is 0. The van der Waals surface area contributed by atoms with E-state index in [4.69, 9.17) is 4.42 Å². The van der Waals surface area contributed by atoms with Crippen molar-refractivity contribution in [1.82, 2.24) is 15.1 Å². The van der Waals surface area contributed by atoms with Crippen LogP contribution in [0.5, 0.6) is 0 Å². The van der Waals surface area contributed by atoms with Gasteiger partial charge < -0.3 is 4.42 Å². The Balaban J connectivity index is 1.95. The summed E-state index contributed by atoms with van der Waals surface area (Å²) in [5, 5.41) is 8.97. The normalized spacial score (nSPS) is 24.3. The molecule has 0 radical (unpaired) electrons. The predicted molar refractivity (Wildman–Crippen MR) is 74.8 cm³/mol. The van der Waals surface area contributed by atoms with Gasteiger partial charge in [0.15, 0.2) is 0 Å². The Hall–Kier alpha value is -0.550. The average Bonchev–Trinajstić information content (AvgIpc) is 2.96. The van der Waals surface area contributed by atoms with Crippen molar-refractivity contribution < 1.29 is 4.42 Å². The van der Waals surface area contributed by atoms with Crippen molar-refractivity contribution in [3.63, 3.8) is 0 Å². The molecule has 18 heavy (non-hydrogen) atoms. The summed E-state index contributed by atoms with van der Waals surface area (Å²) in [6, 6.07) is 0.648. The molecule has 1 saturated carbocycles. The van der Waals surface area contributed by atoms with Crippen LogP contribution in [-0.2, 0) is 6.54 Å². The summed E-state index contributed by atoms with van der Waals surface area (Å²) in [7, 11) is 2.17. The van der Waals surface area contributed by atoms with Crippen LogP contribution in [0.15, 0.2) is 4.42 Å². The first-order valence-corrected chi connectivity index (χ1v) is 7.96. The van der Waals surface area contributed by atoms with Gasteiger partial charge in [0.05, 0.1) is 6.54 Å².